The van der Waals surface area contributed by atoms with Crippen molar-refractivity contribution in [2.45, 2.75) is 12.2 Å². The molecule has 1 aliphatic rings. The number of carbonyl (C=O) groups is 2. The van der Waals surface area contributed by atoms with E-state index in [0.717, 1.165) is 5.39 Å². The van der Waals surface area contributed by atoms with Crippen LogP contribution in [0.1, 0.15) is 0 Å². The van der Waals surface area contributed by atoms with Crippen molar-refractivity contribution in [2.75, 3.05) is 29.1 Å². The summed E-state index contributed by atoms with van der Waals surface area (Å²) in [5, 5.41) is 18.1. The number of amides is 2. The standard InChI is InChI=1S/C22H19N5O6/c23-20-14-4-2-12(10-16(14)33-26-20)24-21(30)18(29)19-22(31)27(7-8-32-19)13-3-5-15-11(9-13)1-6-17(28)25-15/h1-6,9-10,18-19,29H,7-8H2,(H2,23,26)(H,24,30)(H,25,28)/t18-,19?/m1/s1. The number of rotatable bonds is 4. The zero-order valence-corrected chi connectivity index (χ0v) is 17.1. The molecule has 33 heavy (non-hydrogen) atoms. The second kappa shape index (κ2) is 8.04. The van der Waals surface area contributed by atoms with Gasteiger partial charge in [-0.25, -0.2) is 0 Å². The molecule has 1 saturated heterocycles. The van der Waals surface area contributed by atoms with Gasteiger partial charge in [0, 0.05) is 41.0 Å². The number of hydrogen-bond donors (Lipinski definition) is 4. The van der Waals surface area contributed by atoms with Gasteiger partial charge in [-0.05, 0) is 36.4 Å². The summed E-state index contributed by atoms with van der Waals surface area (Å²) in [4.78, 5) is 41.3. The predicted molar refractivity (Wildman–Crippen MR) is 120 cm³/mol. The fraction of sp³-hybridized carbons (Fsp3) is 0.182. The number of nitrogen functional groups attached to an aromatic ring is 1. The van der Waals surface area contributed by atoms with Gasteiger partial charge in [0.1, 0.15) is 0 Å². The molecule has 1 aliphatic heterocycles. The maximum absolute atomic E-state index is 13.1. The van der Waals surface area contributed by atoms with Crippen molar-refractivity contribution in [1.82, 2.24) is 10.1 Å². The lowest BCUT2D eigenvalue weighted by molar-refractivity contribution is -0.150. The number of nitrogens with two attached hydrogens (primary N) is 1. The van der Waals surface area contributed by atoms with E-state index in [-0.39, 0.29) is 24.5 Å². The molecule has 1 fully saturated rings. The molecule has 2 atom stereocenters. The second-order valence-corrected chi connectivity index (χ2v) is 7.59. The van der Waals surface area contributed by atoms with Gasteiger partial charge in [-0.3, -0.25) is 14.4 Å². The van der Waals surface area contributed by atoms with Crippen LogP contribution in [-0.2, 0) is 14.3 Å². The molecule has 11 nitrogen and oxygen atoms in total. The molecule has 0 saturated carbocycles. The predicted octanol–water partition coefficient (Wildman–Crippen LogP) is 0.983. The van der Waals surface area contributed by atoms with E-state index in [1.807, 2.05) is 0 Å². The summed E-state index contributed by atoms with van der Waals surface area (Å²) in [7, 11) is 0. The first-order valence-electron chi connectivity index (χ1n) is 10.1. The summed E-state index contributed by atoms with van der Waals surface area (Å²) in [6.07, 6.45) is -3.12. The molecule has 0 radical (unpaired) electrons. The number of H-pyrrole nitrogens is 1. The first-order chi connectivity index (χ1) is 15.9. The van der Waals surface area contributed by atoms with E-state index >= 15 is 0 Å². The minimum Gasteiger partial charge on any atom is -0.380 e. The molecule has 2 aromatic heterocycles. The van der Waals surface area contributed by atoms with E-state index in [2.05, 4.69) is 15.5 Å². The van der Waals surface area contributed by atoms with Gasteiger partial charge < -0.3 is 35.3 Å². The molecule has 5 rings (SSSR count). The van der Waals surface area contributed by atoms with Crippen LogP contribution in [0, 0.1) is 0 Å². The highest BCUT2D eigenvalue weighted by Gasteiger charge is 2.39. The van der Waals surface area contributed by atoms with Crippen LogP contribution in [0.3, 0.4) is 0 Å². The molecule has 0 spiro atoms. The molecule has 2 amide bonds. The van der Waals surface area contributed by atoms with Crippen LogP contribution in [0.2, 0.25) is 0 Å². The lowest BCUT2D eigenvalue weighted by atomic mass is 10.1. The third kappa shape index (κ3) is 3.79. The van der Waals surface area contributed by atoms with Crippen LogP contribution in [-0.4, -0.2) is 52.4 Å². The number of aromatic amines is 1. The summed E-state index contributed by atoms with van der Waals surface area (Å²) < 4.78 is 10.5. The van der Waals surface area contributed by atoms with Gasteiger partial charge >= 0.3 is 0 Å². The number of carbonyl (C=O) groups excluding carboxylic acids is 2. The Balaban J connectivity index is 1.33. The van der Waals surface area contributed by atoms with Crippen molar-refractivity contribution in [2.24, 2.45) is 0 Å². The Bertz CT molecular complexity index is 1440. The van der Waals surface area contributed by atoms with Crippen LogP contribution >= 0.6 is 0 Å². The van der Waals surface area contributed by atoms with Crippen LogP contribution in [0.25, 0.3) is 21.9 Å². The number of benzene rings is 2. The number of nitrogens with one attached hydrogen (secondary N) is 2. The Morgan fingerprint density at radius 1 is 1.21 bits per heavy atom. The quantitative estimate of drug-likeness (QED) is 0.358. The number of ether oxygens (including phenoxy) is 1. The van der Waals surface area contributed by atoms with Crippen LogP contribution in [0.5, 0.6) is 0 Å². The normalized spacial score (nSPS) is 17.4. The Labute approximate surface area is 185 Å². The van der Waals surface area contributed by atoms with E-state index in [1.54, 1.807) is 36.4 Å². The molecule has 11 heteroatoms. The van der Waals surface area contributed by atoms with Gasteiger partial charge in [-0.15, -0.1) is 0 Å². The molecule has 4 aromatic rings. The van der Waals surface area contributed by atoms with Gasteiger partial charge in [0.2, 0.25) is 5.56 Å². The Hall–Kier alpha value is -4.22. The number of hydrogen-bond acceptors (Lipinski definition) is 8. The minimum atomic E-state index is -1.74. The SMILES string of the molecule is Nc1noc2cc(NC(=O)[C@H](O)C3OCCN(c4ccc5[nH]c(=O)ccc5c4)C3=O)ccc12. The fourth-order valence-electron chi connectivity index (χ4n) is 3.79. The summed E-state index contributed by atoms with van der Waals surface area (Å²) in [5.74, 6) is -1.13. The zero-order chi connectivity index (χ0) is 23.1. The van der Waals surface area contributed by atoms with Gasteiger partial charge in [0.05, 0.1) is 12.0 Å². The molecule has 2 aromatic carbocycles. The Kier molecular flexibility index (Phi) is 5.04. The number of aliphatic hydroxyl groups excluding tert-OH is 1. The first kappa shape index (κ1) is 20.7. The number of anilines is 3. The lowest BCUT2D eigenvalue weighted by Gasteiger charge is -2.34. The third-order valence-electron chi connectivity index (χ3n) is 5.46. The van der Waals surface area contributed by atoms with Gasteiger partial charge in [-0.2, -0.15) is 0 Å². The van der Waals surface area contributed by atoms with Gasteiger partial charge in [0.15, 0.2) is 23.6 Å². The minimum absolute atomic E-state index is 0.133. The van der Waals surface area contributed by atoms with E-state index in [4.69, 9.17) is 15.0 Å². The molecule has 5 N–H and O–H groups in total. The largest absolute Gasteiger partial charge is 0.380 e. The van der Waals surface area contributed by atoms with Crippen molar-refractivity contribution < 1.29 is 24.0 Å². The van der Waals surface area contributed by atoms with E-state index < -0.39 is 24.0 Å². The summed E-state index contributed by atoms with van der Waals surface area (Å²) >= 11 is 0. The number of aromatic nitrogens is 2. The first-order valence-corrected chi connectivity index (χ1v) is 10.1. The topological polar surface area (TPSA) is 164 Å². The zero-order valence-electron chi connectivity index (χ0n) is 17.1. The summed E-state index contributed by atoms with van der Waals surface area (Å²) in [6, 6.07) is 12.9. The maximum atomic E-state index is 13.1. The molecular formula is C22H19N5O6. The van der Waals surface area contributed by atoms with Crippen LogP contribution in [0.15, 0.2) is 57.8 Å². The van der Waals surface area contributed by atoms with Crippen LogP contribution in [0.4, 0.5) is 17.2 Å². The highest BCUT2D eigenvalue weighted by atomic mass is 16.5. The third-order valence-corrected chi connectivity index (χ3v) is 5.46. The molecule has 0 bridgehead atoms. The molecular weight excluding hydrogens is 430 g/mol. The number of fused-ring (bicyclic) bond motifs is 2. The highest BCUT2D eigenvalue weighted by molar-refractivity contribution is 6.05. The van der Waals surface area contributed by atoms with Gasteiger partial charge in [0.25, 0.3) is 11.8 Å². The van der Waals surface area contributed by atoms with E-state index in [9.17, 15) is 19.5 Å². The van der Waals surface area contributed by atoms with Crippen molar-refractivity contribution in [3.05, 3.63) is 58.9 Å². The van der Waals surface area contributed by atoms with Crippen molar-refractivity contribution in [1.29, 1.82) is 0 Å². The average Bonchev–Trinajstić information content (AvgIpc) is 3.18. The van der Waals surface area contributed by atoms with E-state index in [1.165, 1.54) is 17.0 Å². The number of nitrogens with zero attached hydrogens (tertiary/aromatic N) is 2. The maximum Gasteiger partial charge on any atom is 0.259 e. The molecule has 168 valence electrons. The Morgan fingerprint density at radius 2 is 2.06 bits per heavy atom. The number of morpholine rings is 1. The monoisotopic (exact) mass is 449 g/mol. The summed E-state index contributed by atoms with van der Waals surface area (Å²) in [5.41, 5.74) is 7.36. The second-order valence-electron chi connectivity index (χ2n) is 7.59. The average molecular weight is 449 g/mol. The van der Waals surface area contributed by atoms with Crippen molar-refractivity contribution >= 4 is 50.9 Å². The van der Waals surface area contributed by atoms with E-state index in [0.29, 0.717) is 27.9 Å². The van der Waals surface area contributed by atoms with Crippen LogP contribution < -0.4 is 21.5 Å². The van der Waals surface area contributed by atoms with Crippen molar-refractivity contribution in [3.8, 4) is 0 Å². The molecule has 3 heterocycles. The van der Waals surface area contributed by atoms with Gasteiger partial charge in [-0.1, -0.05) is 5.16 Å². The highest BCUT2D eigenvalue weighted by Crippen LogP contribution is 2.26. The Morgan fingerprint density at radius 3 is 2.91 bits per heavy atom. The summed E-state index contributed by atoms with van der Waals surface area (Å²) in [6.45, 7) is 0.385. The molecule has 0 aliphatic carbocycles. The number of pyridine rings is 1. The smallest absolute Gasteiger partial charge is 0.259 e. The lowest BCUT2D eigenvalue weighted by Crippen LogP contribution is -2.55. The number of aliphatic hydroxyl groups is 1. The molecule has 1 unspecified atom stereocenters. The fourth-order valence-corrected chi connectivity index (χ4v) is 3.79. The van der Waals surface area contributed by atoms with Crippen molar-refractivity contribution in [3.63, 3.8) is 0 Å².